The summed E-state index contributed by atoms with van der Waals surface area (Å²) in [5, 5.41) is 3.54. The van der Waals surface area contributed by atoms with Crippen molar-refractivity contribution in [3.8, 4) is 0 Å². The zero-order valence-electron chi connectivity index (χ0n) is 12.9. The van der Waals surface area contributed by atoms with Gasteiger partial charge in [0.2, 0.25) is 0 Å². The summed E-state index contributed by atoms with van der Waals surface area (Å²) in [5.74, 6) is 1.30. The Balaban J connectivity index is 2.15. The lowest BCUT2D eigenvalue weighted by atomic mass is 9.91. The van der Waals surface area contributed by atoms with Crippen molar-refractivity contribution in [1.82, 2.24) is 5.32 Å². The van der Waals surface area contributed by atoms with Gasteiger partial charge in [-0.25, -0.2) is 0 Å². The average molecular weight is 295 g/mol. The number of alkyl halides is 3. The number of nitrogens with one attached hydrogen (secondary N) is 1. The van der Waals surface area contributed by atoms with Gasteiger partial charge in [0.15, 0.2) is 0 Å². The van der Waals surface area contributed by atoms with Crippen LogP contribution in [0, 0.1) is 11.8 Å². The molecule has 120 valence electrons. The molecule has 0 aromatic carbocycles. The molecule has 0 aromatic rings. The van der Waals surface area contributed by atoms with E-state index in [9.17, 15) is 13.2 Å². The smallest absolute Gasteiger partial charge is 0.372 e. The summed E-state index contributed by atoms with van der Waals surface area (Å²) in [5.41, 5.74) is 0.128. The van der Waals surface area contributed by atoms with Gasteiger partial charge in [0.05, 0.1) is 0 Å². The predicted octanol–water partition coefficient (Wildman–Crippen LogP) is 4.15. The summed E-state index contributed by atoms with van der Waals surface area (Å²) in [6, 6.07) is 0. The first-order valence-electron chi connectivity index (χ1n) is 7.57. The van der Waals surface area contributed by atoms with E-state index in [0.29, 0.717) is 11.8 Å². The molecule has 1 N–H and O–H groups in total. The minimum absolute atomic E-state index is 0.128. The summed E-state index contributed by atoms with van der Waals surface area (Å²) >= 11 is 0. The van der Waals surface area contributed by atoms with Crippen molar-refractivity contribution in [3.05, 3.63) is 0 Å². The van der Waals surface area contributed by atoms with Crippen LogP contribution in [0.4, 0.5) is 13.2 Å². The van der Waals surface area contributed by atoms with E-state index in [0.717, 1.165) is 19.4 Å². The molecule has 0 amide bonds. The molecule has 20 heavy (non-hydrogen) atoms. The zero-order valence-corrected chi connectivity index (χ0v) is 12.9. The largest absolute Gasteiger partial charge is 0.411 e. The lowest BCUT2D eigenvalue weighted by Crippen LogP contribution is -2.39. The highest BCUT2D eigenvalue weighted by molar-refractivity contribution is 4.82. The van der Waals surface area contributed by atoms with Crippen molar-refractivity contribution in [1.29, 1.82) is 0 Å². The van der Waals surface area contributed by atoms with Gasteiger partial charge in [0, 0.05) is 12.1 Å². The third kappa shape index (κ3) is 8.10. The summed E-state index contributed by atoms with van der Waals surface area (Å²) < 4.78 is 40.4. The Morgan fingerprint density at radius 2 is 1.75 bits per heavy atom. The Kier molecular flexibility index (Phi) is 6.79. The Bertz CT molecular complexity index is 273. The van der Waals surface area contributed by atoms with Crippen LogP contribution < -0.4 is 5.32 Å². The summed E-state index contributed by atoms with van der Waals surface area (Å²) in [6.07, 6.45) is 1.19. The van der Waals surface area contributed by atoms with Crippen LogP contribution in [0.15, 0.2) is 0 Å². The first-order valence-corrected chi connectivity index (χ1v) is 7.57. The van der Waals surface area contributed by atoms with Crippen LogP contribution in [0.3, 0.4) is 0 Å². The van der Waals surface area contributed by atoms with E-state index < -0.39 is 12.8 Å². The average Bonchev–Trinajstić information content (AvgIpc) is 2.71. The monoisotopic (exact) mass is 295 g/mol. The molecular weight excluding hydrogens is 267 g/mol. The number of hydrogen-bond donors (Lipinski definition) is 1. The Hall–Kier alpha value is -0.290. The second-order valence-corrected chi connectivity index (χ2v) is 6.89. The van der Waals surface area contributed by atoms with E-state index in [1.807, 2.05) is 0 Å². The molecule has 0 aliphatic heterocycles. The van der Waals surface area contributed by atoms with Gasteiger partial charge in [-0.1, -0.05) is 12.8 Å². The molecule has 1 aliphatic carbocycles. The van der Waals surface area contributed by atoms with Gasteiger partial charge >= 0.3 is 6.18 Å². The van der Waals surface area contributed by atoms with Gasteiger partial charge in [0.25, 0.3) is 0 Å². The summed E-state index contributed by atoms with van der Waals surface area (Å²) in [4.78, 5) is 0. The maximum Gasteiger partial charge on any atom is 0.411 e. The van der Waals surface area contributed by atoms with Crippen molar-refractivity contribution < 1.29 is 17.9 Å². The summed E-state index contributed by atoms with van der Waals surface area (Å²) in [6.45, 7) is 6.57. The molecule has 1 aliphatic rings. The lowest BCUT2D eigenvalue weighted by Gasteiger charge is -2.26. The molecular formula is C15H28F3NO. The molecule has 0 bridgehead atoms. The summed E-state index contributed by atoms with van der Waals surface area (Å²) in [7, 11) is 0. The van der Waals surface area contributed by atoms with Gasteiger partial charge in [-0.05, 0) is 58.4 Å². The minimum Gasteiger partial charge on any atom is -0.372 e. The highest BCUT2D eigenvalue weighted by Gasteiger charge is 2.29. The van der Waals surface area contributed by atoms with Gasteiger partial charge in [-0.3, -0.25) is 0 Å². The molecule has 0 heterocycles. The van der Waals surface area contributed by atoms with E-state index in [1.54, 1.807) is 0 Å². The normalized spacial score (nSPS) is 24.3. The molecule has 0 aromatic heterocycles. The van der Waals surface area contributed by atoms with Crippen LogP contribution in [0.1, 0.15) is 52.9 Å². The molecule has 0 saturated heterocycles. The van der Waals surface area contributed by atoms with Crippen LogP contribution in [0.2, 0.25) is 0 Å². The lowest BCUT2D eigenvalue weighted by molar-refractivity contribution is -0.174. The van der Waals surface area contributed by atoms with Crippen LogP contribution >= 0.6 is 0 Å². The number of halogens is 3. The topological polar surface area (TPSA) is 21.3 Å². The predicted molar refractivity (Wildman–Crippen MR) is 74.7 cm³/mol. The minimum atomic E-state index is -4.20. The van der Waals surface area contributed by atoms with E-state index in [4.69, 9.17) is 0 Å². The molecule has 5 heteroatoms. The van der Waals surface area contributed by atoms with Gasteiger partial charge < -0.3 is 10.1 Å². The van der Waals surface area contributed by atoms with E-state index in [1.165, 1.54) is 19.3 Å². The fraction of sp³-hybridized carbons (Fsp3) is 1.00. The second kappa shape index (κ2) is 7.64. The molecule has 2 unspecified atom stereocenters. The van der Waals surface area contributed by atoms with E-state index in [2.05, 4.69) is 30.8 Å². The second-order valence-electron chi connectivity index (χ2n) is 6.89. The van der Waals surface area contributed by atoms with Crippen molar-refractivity contribution >= 4 is 0 Å². The van der Waals surface area contributed by atoms with Crippen molar-refractivity contribution in [2.75, 3.05) is 19.8 Å². The zero-order chi connectivity index (χ0) is 15.2. The van der Waals surface area contributed by atoms with Crippen molar-refractivity contribution in [2.45, 2.75) is 64.6 Å². The molecule has 1 fully saturated rings. The standard InChI is InChI=1S/C15H28F3NO/c1-14(2,3)19-10-13-7-4-6-12(13)8-5-9-20-11-15(16,17)18/h12-13,19H,4-11H2,1-3H3. The molecule has 0 spiro atoms. The fourth-order valence-electron chi connectivity index (χ4n) is 2.84. The molecule has 1 rings (SSSR count). The maximum atomic E-state index is 11.9. The van der Waals surface area contributed by atoms with Gasteiger partial charge in [-0.15, -0.1) is 0 Å². The van der Waals surface area contributed by atoms with Gasteiger partial charge in [-0.2, -0.15) is 13.2 Å². The van der Waals surface area contributed by atoms with Gasteiger partial charge in [0.1, 0.15) is 6.61 Å². The third-order valence-corrected chi connectivity index (χ3v) is 3.84. The highest BCUT2D eigenvalue weighted by atomic mass is 19.4. The number of rotatable bonds is 7. The van der Waals surface area contributed by atoms with Crippen LogP contribution in [-0.2, 0) is 4.74 Å². The molecule has 2 nitrogen and oxygen atoms in total. The van der Waals surface area contributed by atoms with E-state index in [-0.39, 0.29) is 12.1 Å². The molecule has 2 atom stereocenters. The Morgan fingerprint density at radius 3 is 2.35 bits per heavy atom. The fourth-order valence-corrected chi connectivity index (χ4v) is 2.84. The van der Waals surface area contributed by atoms with Crippen LogP contribution in [0.25, 0.3) is 0 Å². The SMILES string of the molecule is CC(C)(C)NCC1CCCC1CCCOCC(F)(F)F. The number of hydrogen-bond acceptors (Lipinski definition) is 2. The van der Waals surface area contributed by atoms with Crippen molar-refractivity contribution in [2.24, 2.45) is 11.8 Å². The number of ether oxygens (including phenoxy) is 1. The Morgan fingerprint density at radius 1 is 1.10 bits per heavy atom. The van der Waals surface area contributed by atoms with Crippen LogP contribution in [0.5, 0.6) is 0 Å². The van der Waals surface area contributed by atoms with E-state index >= 15 is 0 Å². The maximum absolute atomic E-state index is 11.9. The van der Waals surface area contributed by atoms with Crippen LogP contribution in [-0.4, -0.2) is 31.5 Å². The first kappa shape index (κ1) is 17.8. The quantitative estimate of drug-likeness (QED) is 0.712. The highest BCUT2D eigenvalue weighted by Crippen LogP contribution is 2.34. The Labute approximate surface area is 120 Å². The third-order valence-electron chi connectivity index (χ3n) is 3.84. The molecule has 0 radical (unpaired) electrons. The van der Waals surface area contributed by atoms with Crippen molar-refractivity contribution in [3.63, 3.8) is 0 Å². The molecule has 1 saturated carbocycles. The first-order chi connectivity index (χ1) is 9.17.